The van der Waals surface area contributed by atoms with Gasteiger partial charge in [0, 0.05) is 38.3 Å². The van der Waals surface area contributed by atoms with E-state index in [1.54, 1.807) is 0 Å². The molecule has 1 aliphatic rings. The van der Waals surface area contributed by atoms with Crippen molar-refractivity contribution in [1.29, 1.82) is 0 Å². The summed E-state index contributed by atoms with van der Waals surface area (Å²) in [4.78, 5) is 28.6. The molecule has 0 spiro atoms. The quantitative estimate of drug-likeness (QED) is 0.873. The monoisotopic (exact) mass is 346 g/mol. The van der Waals surface area contributed by atoms with Gasteiger partial charge in [-0.3, -0.25) is 19.9 Å². The number of nitrogens with one attached hydrogen (secondary N) is 2. The summed E-state index contributed by atoms with van der Waals surface area (Å²) in [6.45, 7) is 11.9. The molecule has 138 valence electrons. The minimum atomic E-state index is -0.438. The number of nitrogens with zero attached hydrogens (tertiary/aromatic N) is 2. The van der Waals surface area contributed by atoms with Gasteiger partial charge in [0.2, 0.25) is 5.91 Å². The van der Waals surface area contributed by atoms with Crippen molar-refractivity contribution < 1.29 is 9.59 Å². The third-order valence-corrected chi connectivity index (χ3v) is 4.31. The minimum absolute atomic E-state index is 0.252. The maximum absolute atomic E-state index is 12.3. The molecule has 2 rings (SSSR count). The van der Waals surface area contributed by atoms with E-state index < -0.39 is 6.03 Å². The Morgan fingerprint density at radius 1 is 1.08 bits per heavy atom. The Morgan fingerprint density at radius 3 is 2.24 bits per heavy atom. The first-order valence-electron chi connectivity index (χ1n) is 8.88. The molecule has 0 aromatic heterocycles. The summed E-state index contributed by atoms with van der Waals surface area (Å²) in [7, 11) is 0. The molecule has 3 amide bonds. The first kappa shape index (κ1) is 19.4. The number of carbonyl (C=O) groups is 2. The van der Waals surface area contributed by atoms with Crippen LogP contribution in [-0.4, -0.2) is 59.5 Å². The molecule has 1 aromatic carbocycles. The number of hydrogen-bond donors (Lipinski definition) is 2. The second-order valence-electron chi connectivity index (χ2n) is 7.67. The molecule has 1 fully saturated rings. The Balaban J connectivity index is 1.77. The highest BCUT2D eigenvalue weighted by molar-refractivity contribution is 5.97. The van der Waals surface area contributed by atoms with E-state index in [9.17, 15) is 9.59 Å². The van der Waals surface area contributed by atoms with Gasteiger partial charge in [-0.05, 0) is 33.3 Å². The minimum Gasteiger partial charge on any atom is -0.333 e. The SMILES string of the molecule is C[C@@H](C(=O)NC(=O)NC(C)(C)C)N1CCN(Cc2ccccc2)CC1. The van der Waals surface area contributed by atoms with Crippen LogP contribution < -0.4 is 10.6 Å². The predicted molar refractivity (Wildman–Crippen MR) is 99.2 cm³/mol. The van der Waals surface area contributed by atoms with Gasteiger partial charge in [0.25, 0.3) is 0 Å². The molecule has 1 aliphatic heterocycles. The number of urea groups is 1. The van der Waals surface area contributed by atoms with Crippen molar-refractivity contribution >= 4 is 11.9 Å². The maximum Gasteiger partial charge on any atom is 0.321 e. The Bertz CT molecular complexity index is 575. The molecule has 25 heavy (non-hydrogen) atoms. The fourth-order valence-corrected chi connectivity index (χ4v) is 2.90. The van der Waals surface area contributed by atoms with Crippen LogP contribution in [0.3, 0.4) is 0 Å². The summed E-state index contributed by atoms with van der Waals surface area (Å²) in [5.74, 6) is -0.252. The first-order chi connectivity index (χ1) is 11.7. The van der Waals surface area contributed by atoms with Crippen LogP contribution in [0, 0.1) is 0 Å². The number of amides is 3. The van der Waals surface area contributed by atoms with Crippen LogP contribution in [0.2, 0.25) is 0 Å². The van der Waals surface area contributed by atoms with E-state index in [-0.39, 0.29) is 17.5 Å². The lowest BCUT2D eigenvalue weighted by molar-refractivity contribution is -0.125. The molecular weight excluding hydrogens is 316 g/mol. The van der Waals surface area contributed by atoms with E-state index in [2.05, 4.69) is 44.7 Å². The summed E-state index contributed by atoms with van der Waals surface area (Å²) in [5.41, 5.74) is 0.942. The average Bonchev–Trinajstić information content (AvgIpc) is 2.54. The fraction of sp³-hybridized carbons (Fsp3) is 0.579. The number of piperazine rings is 1. The van der Waals surface area contributed by atoms with Crippen LogP contribution in [0.1, 0.15) is 33.3 Å². The zero-order chi connectivity index (χ0) is 18.4. The van der Waals surface area contributed by atoms with Gasteiger partial charge in [-0.1, -0.05) is 30.3 Å². The largest absolute Gasteiger partial charge is 0.333 e. The van der Waals surface area contributed by atoms with Crippen molar-refractivity contribution in [3.8, 4) is 0 Å². The lowest BCUT2D eigenvalue weighted by Gasteiger charge is -2.37. The molecule has 2 N–H and O–H groups in total. The standard InChI is InChI=1S/C19H30N4O2/c1-15(17(24)20-18(25)21-19(2,3)4)23-12-10-22(11-13-23)14-16-8-6-5-7-9-16/h5-9,15H,10-14H2,1-4H3,(H2,20,21,24,25)/t15-/m0/s1. The Kier molecular flexibility index (Phi) is 6.56. The van der Waals surface area contributed by atoms with E-state index in [1.807, 2.05) is 33.8 Å². The second kappa shape index (κ2) is 8.45. The highest BCUT2D eigenvalue weighted by atomic mass is 16.2. The van der Waals surface area contributed by atoms with Crippen molar-refractivity contribution in [2.45, 2.75) is 45.8 Å². The van der Waals surface area contributed by atoms with E-state index in [4.69, 9.17) is 0 Å². The number of imide groups is 1. The zero-order valence-electron chi connectivity index (χ0n) is 15.7. The van der Waals surface area contributed by atoms with Gasteiger partial charge in [0.15, 0.2) is 0 Å². The summed E-state index contributed by atoms with van der Waals surface area (Å²) >= 11 is 0. The van der Waals surface area contributed by atoms with Gasteiger partial charge in [0.05, 0.1) is 6.04 Å². The van der Waals surface area contributed by atoms with E-state index in [0.29, 0.717) is 0 Å². The second-order valence-corrected chi connectivity index (χ2v) is 7.67. The number of rotatable bonds is 4. The van der Waals surface area contributed by atoms with Crippen molar-refractivity contribution in [1.82, 2.24) is 20.4 Å². The fourth-order valence-electron chi connectivity index (χ4n) is 2.90. The van der Waals surface area contributed by atoms with Gasteiger partial charge < -0.3 is 5.32 Å². The van der Waals surface area contributed by atoms with Crippen molar-refractivity contribution in [2.75, 3.05) is 26.2 Å². The molecule has 6 nitrogen and oxygen atoms in total. The average molecular weight is 346 g/mol. The lowest BCUT2D eigenvalue weighted by atomic mass is 10.1. The zero-order valence-corrected chi connectivity index (χ0v) is 15.7. The van der Waals surface area contributed by atoms with E-state index >= 15 is 0 Å². The molecule has 0 unspecified atom stereocenters. The van der Waals surface area contributed by atoms with Crippen LogP contribution in [0.4, 0.5) is 4.79 Å². The molecule has 1 heterocycles. The number of carbonyl (C=O) groups excluding carboxylic acids is 2. The normalized spacial score (nSPS) is 17.8. The summed E-state index contributed by atoms with van der Waals surface area (Å²) in [6, 6.07) is 9.65. The lowest BCUT2D eigenvalue weighted by Crippen LogP contribution is -2.56. The predicted octanol–water partition coefficient (Wildman–Crippen LogP) is 1.82. The molecule has 0 radical (unpaired) electrons. The van der Waals surface area contributed by atoms with Crippen molar-refractivity contribution in [3.05, 3.63) is 35.9 Å². The molecule has 0 aliphatic carbocycles. The Labute approximate surface area is 150 Å². The van der Waals surface area contributed by atoms with Crippen LogP contribution in [0.25, 0.3) is 0 Å². The summed E-state index contributed by atoms with van der Waals surface area (Å²) in [5, 5.41) is 5.18. The topological polar surface area (TPSA) is 64.7 Å². The van der Waals surface area contributed by atoms with Gasteiger partial charge >= 0.3 is 6.03 Å². The number of benzene rings is 1. The molecule has 1 saturated heterocycles. The van der Waals surface area contributed by atoms with E-state index in [0.717, 1.165) is 32.7 Å². The molecule has 0 bridgehead atoms. The number of hydrogen-bond acceptors (Lipinski definition) is 4. The van der Waals surface area contributed by atoms with Crippen LogP contribution in [0.5, 0.6) is 0 Å². The van der Waals surface area contributed by atoms with Crippen LogP contribution in [0.15, 0.2) is 30.3 Å². The third-order valence-electron chi connectivity index (χ3n) is 4.31. The van der Waals surface area contributed by atoms with Gasteiger partial charge in [-0.2, -0.15) is 0 Å². The Hall–Kier alpha value is -1.92. The van der Waals surface area contributed by atoms with Crippen molar-refractivity contribution in [2.24, 2.45) is 0 Å². The highest BCUT2D eigenvalue weighted by Gasteiger charge is 2.27. The summed E-state index contributed by atoms with van der Waals surface area (Å²) in [6.07, 6.45) is 0. The third kappa shape index (κ3) is 6.48. The molecule has 1 aromatic rings. The molecule has 6 heteroatoms. The highest BCUT2D eigenvalue weighted by Crippen LogP contribution is 2.10. The smallest absolute Gasteiger partial charge is 0.321 e. The van der Waals surface area contributed by atoms with Crippen LogP contribution >= 0.6 is 0 Å². The van der Waals surface area contributed by atoms with Crippen molar-refractivity contribution in [3.63, 3.8) is 0 Å². The van der Waals surface area contributed by atoms with Gasteiger partial charge in [-0.25, -0.2) is 4.79 Å². The molecule has 0 saturated carbocycles. The molecule has 1 atom stereocenters. The van der Waals surface area contributed by atoms with Crippen LogP contribution in [-0.2, 0) is 11.3 Å². The van der Waals surface area contributed by atoms with Gasteiger partial charge in [0.1, 0.15) is 0 Å². The maximum atomic E-state index is 12.3. The summed E-state index contributed by atoms with van der Waals surface area (Å²) < 4.78 is 0. The van der Waals surface area contributed by atoms with Gasteiger partial charge in [-0.15, -0.1) is 0 Å². The van der Waals surface area contributed by atoms with E-state index in [1.165, 1.54) is 5.56 Å². The Morgan fingerprint density at radius 2 is 1.68 bits per heavy atom. The molecular formula is C19H30N4O2. The first-order valence-corrected chi connectivity index (χ1v) is 8.88.